The largest absolute Gasteiger partial charge is 0.390 e. The van der Waals surface area contributed by atoms with Crippen LogP contribution >= 0.6 is 0 Å². The molecule has 0 spiro atoms. The van der Waals surface area contributed by atoms with Crippen molar-refractivity contribution in [1.29, 1.82) is 1.12 Å². The van der Waals surface area contributed by atoms with Gasteiger partial charge in [0.25, 0.3) is 0 Å². The second-order valence-corrected chi connectivity index (χ2v) is 4.12. The summed E-state index contributed by atoms with van der Waals surface area (Å²) in [5.41, 5.74) is 0. The highest BCUT2D eigenvalue weighted by atomic mass is 32.2. The number of thiol groups is 1. The van der Waals surface area contributed by atoms with Crippen LogP contribution in [0.3, 0.4) is 0 Å². The minimum atomic E-state index is -1.94. The Hall–Kier alpha value is -0.500. The second-order valence-electron chi connectivity index (χ2n) is 3.77. The zero-order chi connectivity index (χ0) is 14.8. The highest BCUT2D eigenvalue weighted by Crippen LogP contribution is 2.01. The van der Waals surface area contributed by atoms with Gasteiger partial charge >= 0.3 is 0 Å². The standard InChI is InChI=1S/C10H23N3O3S/c1-4-6-13(12-17-16)7-10(15)9(5-2)11-8(3)14/h9-10,15,17H,4-7H2,1-3H3,(H,11,14)(H,12,16)/i3T,17T. The number of hydrogen-bond acceptors (Lipinski definition) is 4. The van der Waals surface area contributed by atoms with E-state index in [-0.39, 0.29) is 13.4 Å². The van der Waals surface area contributed by atoms with Crippen LogP contribution in [-0.4, -0.2) is 46.6 Å². The molecule has 3 N–H and O–H groups in total. The van der Waals surface area contributed by atoms with Gasteiger partial charge in [0, 0.05) is 21.4 Å². The Labute approximate surface area is 109 Å². The van der Waals surface area contributed by atoms with E-state index in [1.165, 1.54) is 5.01 Å². The first-order valence-electron chi connectivity index (χ1n) is 6.76. The molecule has 0 rings (SSSR count). The van der Waals surface area contributed by atoms with Crippen LogP contribution in [0.15, 0.2) is 0 Å². The van der Waals surface area contributed by atoms with E-state index in [2.05, 4.69) is 10.1 Å². The summed E-state index contributed by atoms with van der Waals surface area (Å²) >= 11 is -1.94. The van der Waals surface area contributed by atoms with Gasteiger partial charge in [0.15, 0.2) is 1.12 Å². The summed E-state index contributed by atoms with van der Waals surface area (Å²) in [4.78, 5) is 13.6. The average molecular weight is 269 g/mol. The number of rotatable bonds is 9. The number of nitrogens with zero attached hydrogens (tertiary/aromatic N) is 1. The molecule has 6 nitrogen and oxygen atoms in total. The first kappa shape index (κ1) is 12.9. The maximum Gasteiger partial charge on any atom is 0.217 e. The van der Waals surface area contributed by atoms with Crippen molar-refractivity contribution in [2.24, 2.45) is 0 Å². The van der Waals surface area contributed by atoms with Gasteiger partial charge < -0.3 is 10.4 Å². The van der Waals surface area contributed by atoms with Crippen molar-refractivity contribution in [3.8, 4) is 0 Å². The zero-order valence-corrected chi connectivity index (χ0v) is 11.1. The molecule has 0 saturated heterocycles. The van der Waals surface area contributed by atoms with Crippen molar-refractivity contribution in [2.45, 2.75) is 45.7 Å². The summed E-state index contributed by atoms with van der Waals surface area (Å²) in [6.45, 7) is 4.04. The summed E-state index contributed by atoms with van der Waals surface area (Å²) in [6, 6.07) is -0.460. The lowest BCUT2D eigenvalue weighted by molar-refractivity contribution is -0.120. The van der Waals surface area contributed by atoms with Crippen LogP contribution in [-0.2, 0) is 16.6 Å². The van der Waals surface area contributed by atoms with E-state index in [9.17, 15) is 14.1 Å². The second kappa shape index (κ2) is 9.52. The van der Waals surface area contributed by atoms with Gasteiger partial charge in [-0.2, -0.15) is 4.83 Å². The molecule has 102 valence electrons. The monoisotopic (exact) mass is 269 g/mol. The molecule has 0 aromatic carbocycles. The first-order chi connectivity index (χ1) is 8.94. The van der Waals surface area contributed by atoms with Gasteiger partial charge in [-0.25, -0.2) is 9.22 Å². The van der Waals surface area contributed by atoms with E-state index >= 15 is 0 Å². The number of carbonyl (C=O) groups is 1. The molecule has 0 fully saturated rings. The minimum Gasteiger partial charge on any atom is -0.390 e. The van der Waals surface area contributed by atoms with Crippen molar-refractivity contribution in [1.82, 2.24) is 15.2 Å². The maximum absolute atomic E-state index is 11.2. The van der Waals surface area contributed by atoms with Gasteiger partial charge in [-0.15, -0.1) is 0 Å². The van der Waals surface area contributed by atoms with Crippen LogP contribution < -0.4 is 10.1 Å². The number of hydrogen-bond donors (Lipinski definition) is 4. The number of aliphatic hydroxyl groups is 1. The molecular formula is C10H23N3O3S. The van der Waals surface area contributed by atoms with Gasteiger partial charge in [0.05, 0.1) is 23.9 Å². The fourth-order valence-corrected chi connectivity index (χ4v) is 1.80. The SMILES string of the molecule is [3H]CC(=O)NC(CC)C(O)CN(CCC)NS([3H])=O. The Morgan fingerprint density at radius 2 is 2.35 bits per heavy atom. The van der Waals surface area contributed by atoms with Crippen molar-refractivity contribution in [3.05, 3.63) is 0 Å². The minimum absolute atomic E-state index is 0.148. The molecule has 0 aromatic rings. The van der Waals surface area contributed by atoms with Crippen LogP contribution in [0, 0.1) is 0 Å². The van der Waals surface area contributed by atoms with Gasteiger partial charge in [-0.05, 0) is 12.8 Å². The lowest BCUT2D eigenvalue weighted by Crippen LogP contribution is -2.50. The predicted octanol–water partition coefficient (Wildman–Crippen LogP) is -0.661. The molecule has 0 aliphatic carbocycles. The van der Waals surface area contributed by atoms with Gasteiger partial charge in [0.1, 0.15) is 0 Å². The van der Waals surface area contributed by atoms with Crippen LogP contribution in [0.4, 0.5) is 0 Å². The summed E-state index contributed by atoms with van der Waals surface area (Å²) in [5.74, 6) is -0.440. The average Bonchev–Trinajstić information content (AvgIpc) is 2.34. The van der Waals surface area contributed by atoms with E-state index < -0.39 is 29.8 Å². The Bertz CT molecular complexity index is 297. The molecule has 0 saturated carbocycles. The predicted molar refractivity (Wildman–Crippen MR) is 68.4 cm³/mol. The smallest absolute Gasteiger partial charge is 0.217 e. The van der Waals surface area contributed by atoms with Crippen LogP contribution in [0.2, 0.25) is 0 Å². The summed E-state index contributed by atoms with van der Waals surface area (Å²) in [7, 11) is 0. The third-order valence-electron chi connectivity index (χ3n) is 2.32. The Morgan fingerprint density at radius 1 is 1.65 bits per heavy atom. The van der Waals surface area contributed by atoms with E-state index in [1.54, 1.807) is 0 Å². The highest BCUT2D eigenvalue weighted by molar-refractivity contribution is 7.63. The van der Waals surface area contributed by atoms with E-state index in [0.717, 1.165) is 6.42 Å². The molecule has 0 bridgehead atoms. The Kier molecular flexibility index (Phi) is 7.25. The van der Waals surface area contributed by atoms with Crippen LogP contribution in [0.5, 0.6) is 0 Å². The molecule has 3 unspecified atom stereocenters. The number of amides is 1. The third-order valence-corrected chi connectivity index (χ3v) is 2.65. The quantitative estimate of drug-likeness (QED) is 0.331. The molecule has 0 radical (unpaired) electrons. The molecular weight excluding hydrogens is 242 g/mol. The number of carbonyl (C=O) groups excluding carboxylic acids is 1. The molecule has 0 aliphatic heterocycles. The molecule has 1 amide bonds. The lowest BCUT2D eigenvalue weighted by atomic mass is 10.1. The Balaban J connectivity index is 4.44. The zero-order valence-electron chi connectivity index (χ0n) is 12.3. The van der Waals surface area contributed by atoms with Crippen molar-refractivity contribution >= 4 is 17.7 Å². The third kappa shape index (κ3) is 7.43. The van der Waals surface area contributed by atoms with E-state index in [0.29, 0.717) is 13.0 Å². The van der Waals surface area contributed by atoms with Crippen LogP contribution in [0.25, 0.3) is 0 Å². The molecule has 0 heterocycles. The van der Waals surface area contributed by atoms with Gasteiger partial charge in [0.2, 0.25) is 5.91 Å². The van der Waals surface area contributed by atoms with Crippen molar-refractivity contribution < 1.29 is 15.5 Å². The number of nitrogens with one attached hydrogen (secondary N) is 2. The molecule has 7 heteroatoms. The van der Waals surface area contributed by atoms with Crippen molar-refractivity contribution in [2.75, 3.05) is 13.1 Å². The fourth-order valence-electron chi connectivity index (χ4n) is 1.53. The van der Waals surface area contributed by atoms with Gasteiger partial charge in [-0.1, -0.05) is 13.8 Å². The number of hydrazine groups is 1. The van der Waals surface area contributed by atoms with E-state index in [1.807, 2.05) is 13.8 Å². The summed E-state index contributed by atoms with van der Waals surface area (Å²) in [6.07, 6.45) is 0.437. The maximum atomic E-state index is 11.2. The summed E-state index contributed by atoms with van der Waals surface area (Å²) in [5, 5.41) is 14.1. The fraction of sp³-hybridized carbons (Fsp3) is 0.900. The molecule has 3 atom stereocenters. The summed E-state index contributed by atoms with van der Waals surface area (Å²) < 4.78 is 24.7. The van der Waals surface area contributed by atoms with Gasteiger partial charge in [-0.3, -0.25) is 4.79 Å². The normalized spacial score (nSPS) is 18.1. The van der Waals surface area contributed by atoms with Crippen LogP contribution in [0.1, 0.15) is 35.0 Å². The number of aliphatic hydroxyl groups excluding tert-OH is 1. The van der Waals surface area contributed by atoms with E-state index in [4.69, 9.17) is 2.49 Å². The highest BCUT2D eigenvalue weighted by Gasteiger charge is 2.20. The molecule has 17 heavy (non-hydrogen) atoms. The van der Waals surface area contributed by atoms with Crippen molar-refractivity contribution in [3.63, 3.8) is 0 Å². The molecule has 0 aromatic heterocycles. The topological polar surface area (TPSA) is 81.7 Å². The Morgan fingerprint density at radius 3 is 2.82 bits per heavy atom. The molecule has 0 aliphatic rings. The lowest BCUT2D eigenvalue weighted by Gasteiger charge is -2.27. The first-order valence-corrected chi connectivity index (χ1v) is 6.39.